The molecule has 0 atom stereocenters. The van der Waals surface area contributed by atoms with E-state index in [1.54, 1.807) is 35.2 Å². The van der Waals surface area contributed by atoms with E-state index in [1.807, 2.05) is 6.07 Å². The molecule has 146 valence electrons. The summed E-state index contributed by atoms with van der Waals surface area (Å²) in [6, 6.07) is 19.1. The Balaban J connectivity index is 1.61. The van der Waals surface area contributed by atoms with Gasteiger partial charge >= 0.3 is 0 Å². The highest BCUT2D eigenvalue weighted by Crippen LogP contribution is 2.27. The Bertz CT molecular complexity index is 1100. The topological polar surface area (TPSA) is 73.8 Å². The normalized spacial score (nSPS) is 10.9. The molecule has 0 unspecified atom stereocenters. The maximum Gasteiger partial charge on any atom is 0.269 e. The molecular formula is C21H18N4O2S2. The summed E-state index contributed by atoms with van der Waals surface area (Å²) >= 11 is 3.27. The Hall–Kier alpha value is -2.97. The fourth-order valence-corrected chi connectivity index (χ4v) is 4.52. The quantitative estimate of drug-likeness (QED) is 0.226. The molecule has 0 saturated heterocycles. The van der Waals surface area contributed by atoms with Gasteiger partial charge in [-0.2, -0.15) is 0 Å². The van der Waals surface area contributed by atoms with Gasteiger partial charge in [-0.15, -0.1) is 21.5 Å². The molecule has 0 amide bonds. The van der Waals surface area contributed by atoms with Crippen LogP contribution < -0.4 is 0 Å². The number of thiophene rings is 1. The summed E-state index contributed by atoms with van der Waals surface area (Å²) < 4.78 is 2.09. The van der Waals surface area contributed by atoms with Crippen LogP contribution in [0.4, 0.5) is 5.69 Å². The van der Waals surface area contributed by atoms with Gasteiger partial charge in [-0.25, -0.2) is 0 Å². The lowest BCUT2D eigenvalue weighted by molar-refractivity contribution is -0.384. The molecule has 0 fully saturated rings. The van der Waals surface area contributed by atoms with Crippen LogP contribution in [-0.4, -0.2) is 19.7 Å². The van der Waals surface area contributed by atoms with Gasteiger partial charge in [0.25, 0.3) is 5.69 Å². The molecule has 29 heavy (non-hydrogen) atoms. The van der Waals surface area contributed by atoms with E-state index in [0.29, 0.717) is 5.75 Å². The number of thioether (sulfide) groups is 1. The highest BCUT2D eigenvalue weighted by atomic mass is 32.2. The van der Waals surface area contributed by atoms with E-state index in [0.717, 1.165) is 28.7 Å². The molecule has 4 rings (SSSR count). The van der Waals surface area contributed by atoms with E-state index in [2.05, 4.69) is 57.4 Å². The van der Waals surface area contributed by atoms with Gasteiger partial charge in [0, 0.05) is 34.9 Å². The molecule has 6 nitrogen and oxygen atoms in total. The molecule has 0 spiro atoms. The van der Waals surface area contributed by atoms with Crippen LogP contribution in [0.2, 0.25) is 0 Å². The zero-order chi connectivity index (χ0) is 20.2. The Kier molecular flexibility index (Phi) is 5.73. The molecule has 0 aliphatic heterocycles. The Labute approximate surface area is 176 Å². The number of hydrogen-bond acceptors (Lipinski definition) is 6. The van der Waals surface area contributed by atoms with Gasteiger partial charge < -0.3 is 0 Å². The first kappa shape index (κ1) is 19.4. The van der Waals surface area contributed by atoms with Crippen molar-refractivity contribution < 1.29 is 4.92 Å². The van der Waals surface area contributed by atoms with Gasteiger partial charge in [-0.05, 0) is 36.1 Å². The SMILES string of the molecule is Cc1ccc(-n2c(Cc3cccs3)nnc2SCc2ccc([N+](=O)[O-])cc2)cc1. The second-order valence-corrected chi connectivity index (χ2v) is 8.51. The van der Waals surface area contributed by atoms with Crippen LogP contribution in [0.1, 0.15) is 21.8 Å². The lowest BCUT2D eigenvalue weighted by Crippen LogP contribution is -2.03. The van der Waals surface area contributed by atoms with Crippen molar-refractivity contribution in [3.63, 3.8) is 0 Å². The monoisotopic (exact) mass is 422 g/mol. The number of nitro groups is 1. The van der Waals surface area contributed by atoms with Crippen molar-refractivity contribution in [1.82, 2.24) is 14.8 Å². The predicted octanol–water partition coefficient (Wildman–Crippen LogP) is 5.43. The third kappa shape index (κ3) is 4.55. The van der Waals surface area contributed by atoms with Crippen molar-refractivity contribution in [2.24, 2.45) is 0 Å². The first-order chi connectivity index (χ1) is 14.1. The molecule has 0 aliphatic rings. The van der Waals surface area contributed by atoms with E-state index >= 15 is 0 Å². The smallest absolute Gasteiger partial charge is 0.269 e. The third-order valence-electron chi connectivity index (χ3n) is 4.42. The third-order valence-corrected chi connectivity index (χ3v) is 6.30. The van der Waals surface area contributed by atoms with Gasteiger partial charge in [-0.1, -0.05) is 47.7 Å². The van der Waals surface area contributed by atoms with Crippen LogP contribution in [0.25, 0.3) is 5.69 Å². The summed E-state index contributed by atoms with van der Waals surface area (Å²) in [6.07, 6.45) is 0.719. The number of nitro benzene ring substituents is 1. The lowest BCUT2D eigenvalue weighted by Gasteiger charge is -2.10. The zero-order valence-electron chi connectivity index (χ0n) is 15.7. The minimum Gasteiger partial charge on any atom is -0.274 e. The number of hydrogen-bond donors (Lipinski definition) is 0. The van der Waals surface area contributed by atoms with E-state index < -0.39 is 0 Å². The Morgan fingerprint density at radius 2 is 1.83 bits per heavy atom. The molecule has 2 aromatic carbocycles. The number of non-ortho nitro benzene ring substituents is 1. The molecule has 0 N–H and O–H groups in total. The molecule has 0 bridgehead atoms. The van der Waals surface area contributed by atoms with Crippen molar-refractivity contribution in [3.8, 4) is 5.69 Å². The minimum atomic E-state index is -0.387. The zero-order valence-corrected chi connectivity index (χ0v) is 17.3. The van der Waals surface area contributed by atoms with Gasteiger partial charge in [0.15, 0.2) is 5.16 Å². The van der Waals surface area contributed by atoms with Crippen LogP contribution in [0.15, 0.2) is 71.2 Å². The fourth-order valence-electron chi connectivity index (χ4n) is 2.89. The first-order valence-electron chi connectivity index (χ1n) is 9.00. The molecule has 2 heterocycles. The second kappa shape index (κ2) is 8.59. The molecule has 0 radical (unpaired) electrons. The van der Waals surface area contributed by atoms with Crippen LogP contribution in [-0.2, 0) is 12.2 Å². The Morgan fingerprint density at radius 3 is 2.48 bits per heavy atom. The number of nitrogens with zero attached hydrogens (tertiary/aromatic N) is 4. The van der Waals surface area contributed by atoms with Crippen molar-refractivity contribution in [2.45, 2.75) is 24.3 Å². The molecule has 0 aliphatic carbocycles. The number of aromatic nitrogens is 3. The summed E-state index contributed by atoms with van der Waals surface area (Å²) in [5, 5.41) is 22.6. The van der Waals surface area contributed by atoms with Crippen molar-refractivity contribution in [3.05, 3.63) is 98.0 Å². The molecule has 8 heteroatoms. The van der Waals surface area contributed by atoms with Gasteiger partial charge in [-0.3, -0.25) is 14.7 Å². The standard InChI is InChI=1S/C21H18N4O2S2/c1-15-4-8-17(9-5-15)24-20(13-19-3-2-12-28-19)22-23-21(24)29-14-16-6-10-18(11-7-16)25(26)27/h2-12H,13-14H2,1H3. The summed E-state index contributed by atoms with van der Waals surface area (Å²) in [4.78, 5) is 11.7. The summed E-state index contributed by atoms with van der Waals surface area (Å²) in [5.74, 6) is 1.54. The van der Waals surface area contributed by atoms with Crippen LogP contribution in [0.3, 0.4) is 0 Å². The molecule has 2 aromatic heterocycles. The maximum absolute atomic E-state index is 10.8. The molecular weight excluding hydrogens is 404 g/mol. The number of rotatable bonds is 7. The molecule has 4 aromatic rings. The van der Waals surface area contributed by atoms with Gasteiger partial charge in [0.2, 0.25) is 0 Å². The van der Waals surface area contributed by atoms with Crippen LogP contribution in [0.5, 0.6) is 0 Å². The average Bonchev–Trinajstić information content (AvgIpc) is 3.38. The average molecular weight is 423 g/mol. The van der Waals surface area contributed by atoms with Crippen molar-refractivity contribution in [1.29, 1.82) is 0 Å². The van der Waals surface area contributed by atoms with E-state index in [1.165, 1.54) is 22.6 Å². The fraction of sp³-hybridized carbons (Fsp3) is 0.143. The predicted molar refractivity (Wildman–Crippen MR) is 116 cm³/mol. The van der Waals surface area contributed by atoms with Crippen LogP contribution >= 0.6 is 23.1 Å². The highest BCUT2D eigenvalue weighted by Gasteiger charge is 2.16. The number of benzene rings is 2. The van der Waals surface area contributed by atoms with Gasteiger partial charge in [0.05, 0.1) is 4.92 Å². The van der Waals surface area contributed by atoms with E-state index in [4.69, 9.17) is 0 Å². The van der Waals surface area contributed by atoms with E-state index in [9.17, 15) is 10.1 Å². The van der Waals surface area contributed by atoms with E-state index in [-0.39, 0.29) is 10.6 Å². The maximum atomic E-state index is 10.8. The first-order valence-corrected chi connectivity index (χ1v) is 10.9. The van der Waals surface area contributed by atoms with Crippen molar-refractivity contribution >= 4 is 28.8 Å². The second-order valence-electron chi connectivity index (χ2n) is 6.54. The summed E-state index contributed by atoms with van der Waals surface area (Å²) in [5.41, 5.74) is 3.32. The summed E-state index contributed by atoms with van der Waals surface area (Å²) in [6.45, 7) is 2.06. The highest BCUT2D eigenvalue weighted by molar-refractivity contribution is 7.98. The summed E-state index contributed by atoms with van der Waals surface area (Å²) in [7, 11) is 0. The van der Waals surface area contributed by atoms with Crippen LogP contribution in [0, 0.1) is 17.0 Å². The van der Waals surface area contributed by atoms with Crippen molar-refractivity contribution in [2.75, 3.05) is 0 Å². The Morgan fingerprint density at radius 1 is 1.07 bits per heavy atom. The lowest BCUT2D eigenvalue weighted by atomic mass is 10.2. The minimum absolute atomic E-state index is 0.0970. The number of aryl methyl sites for hydroxylation is 1. The molecule has 0 saturated carbocycles. The van der Waals surface area contributed by atoms with Gasteiger partial charge in [0.1, 0.15) is 5.82 Å². The largest absolute Gasteiger partial charge is 0.274 e.